The minimum absolute atomic E-state index is 0.101. The van der Waals surface area contributed by atoms with E-state index in [2.05, 4.69) is 10.3 Å². The number of carboxylic acids is 1. The number of aliphatic carboxylic acids is 1. The highest BCUT2D eigenvalue weighted by Gasteiger charge is 2.36. The van der Waals surface area contributed by atoms with Gasteiger partial charge in [-0.25, -0.2) is 0 Å². The van der Waals surface area contributed by atoms with Gasteiger partial charge in [0.05, 0.1) is 17.5 Å². The molecule has 2 aromatic rings. The molecule has 1 amide bonds. The summed E-state index contributed by atoms with van der Waals surface area (Å²) in [6, 6.07) is 9.14. The van der Waals surface area contributed by atoms with Gasteiger partial charge in [0.1, 0.15) is 0 Å². The third kappa shape index (κ3) is 3.54. The number of hydrogen-bond donors (Lipinski definition) is 2. The third-order valence-electron chi connectivity index (χ3n) is 4.41. The molecule has 0 spiro atoms. The van der Waals surface area contributed by atoms with E-state index in [1.165, 1.54) is 0 Å². The van der Waals surface area contributed by atoms with Crippen LogP contribution in [-0.4, -0.2) is 40.7 Å². The normalized spacial score (nSPS) is 16.7. The number of amides is 1. The molecule has 0 bridgehead atoms. The van der Waals surface area contributed by atoms with E-state index >= 15 is 0 Å². The summed E-state index contributed by atoms with van der Waals surface area (Å²) in [5.74, 6) is -1.18. The zero-order valence-electron chi connectivity index (χ0n) is 13.5. The van der Waals surface area contributed by atoms with Crippen LogP contribution < -0.4 is 5.32 Å². The lowest BCUT2D eigenvalue weighted by Crippen LogP contribution is -2.53. The smallest absolute Gasteiger partial charge is 0.305 e. The lowest BCUT2D eigenvalue weighted by atomic mass is 9.86. The number of nitrogens with zero attached hydrogens (tertiary/aromatic N) is 1. The van der Waals surface area contributed by atoms with Crippen LogP contribution >= 0.6 is 0 Å². The Labute approximate surface area is 139 Å². The second-order valence-electron chi connectivity index (χ2n) is 6.28. The molecule has 6 heteroatoms. The van der Waals surface area contributed by atoms with E-state index in [-0.39, 0.29) is 12.3 Å². The molecule has 3 rings (SSSR count). The number of aryl methyl sites for hydroxylation is 1. The van der Waals surface area contributed by atoms with Gasteiger partial charge >= 0.3 is 5.97 Å². The predicted octanol–water partition coefficient (Wildman–Crippen LogP) is 2.30. The van der Waals surface area contributed by atoms with Crippen molar-refractivity contribution in [3.63, 3.8) is 0 Å². The van der Waals surface area contributed by atoms with Gasteiger partial charge in [-0.3, -0.25) is 14.6 Å². The first-order chi connectivity index (χ1) is 11.5. The summed E-state index contributed by atoms with van der Waals surface area (Å²) >= 11 is 0. The van der Waals surface area contributed by atoms with E-state index < -0.39 is 11.5 Å². The number of nitrogens with one attached hydrogen (secondary N) is 1. The molecule has 0 atom stereocenters. The Morgan fingerprint density at radius 2 is 2.00 bits per heavy atom. The molecule has 0 aliphatic carbocycles. The van der Waals surface area contributed by atoms with Crippen molar-refractivity contribution in [3.8, 4) is 0 Å². The van der Waals surface area contributed by atoms with Crippen LogP contribution in [0.4, 0.5) is 0 Å². The summed E-state index contributed by atoms with van der Waals surface area (Å²) in [6.45, 7) is 2.82. The first-order valence-corrected chi connectivity index (χ1v) is 7.97. The monoisotopic (exact) mass is 328 g/mol. The summed E-state index contributed by atoms with van der Waals surface area (Å²) < 4.78 is 5.31. The summed E-state index contributed by atoms with van der Waals surface area (Å²) in [7, 11) is 0. The third-order valence-corrected chi connectivity index (χ3v) is 4.41. The molecule has 2 N–H and O–H groups in total. The summed E-state index contributed by atoms with van der Waals surface area (Å²) in [5, 5.41) is 13.0. The fourth-order valence-electron chi connectivity index (χ4n) is 3.08. The topological polar surface area (TPSA) is 88.5 Å². The van der Waals surface area contributed by atoms with E-state index in [0.717, 1.165) is 16.6 Å². The number of benzene rings is 1. The van der Waals surface area contributed by atoms with E-state index in [1.807, 2.05) is 25.1 Å². The molecule has 1 fully saturated rings. The van der Waals surface area contributed by atoms with Crippen LogP contribution in [0, 0.1) is 6.92 Å². The standard InChI is InChI=1S/C18H20N2O4/c1-12-2-3-13-10-14(4-5-15(13)19-12)17(23)20-18(11-16(21)22)6-8-24-9-7-18/h2-5,10H,6-9,11H2,1H3,(H,20,23)(H,21,22). The van der Waals surface area contributed by atoms with E-state index in [0.29, 0.717) is 31.6 Å². The number of ether oxygens (including phenoxy) is 1. The van der Waals surface area contributed by atoms with Crippen molar-refractivity contribution in [3.05, 3.63) is 41.6 Å². The molecule has 6 nitrogen and oxygen atoms in total. The van der Waals surface area contributed by atoms with Gasteiger partial charge in [0.2, 0.25) is 0 Å². The van der Waals surface area contributed by atoms with Crippen LogP contribution in [0.3, 0.4) is 0 Å². The largest absolute Gasteiger partial charge is 0.481 e. The zero-order chi connectivity index (χ0) is 17.2. The number of rotatable bonds is 4. The van der Waals surface area contributed by atoms with Gasteiger partial charge in [-0.05, 0) is 44.0 Å². The Balaban J connectivity index is 1.84. The molecule has 1 aromatic carbocycles. The zero-order valence-corrected chi connectivity index (χ0v) is 13.5. The molecule has 1 saturated heterocycles. The average molecular weight is 328 g/mol. The van der Waals surface area contributed by atoms with Crippen LogP contribution in [0.5, 0.6) is 0 Å². The van der Waals surface area contributed by atoms with Crippen LogP contribution in [0.2, 0.25) is 0 Å². The highest BCUT2D eigenvalue weighted by Crippen LogP contribution is 2.25. The minimum atomic E-state index is -0.921. The summed E-state index contributed by atoms with van der Waals surface area (Å²) in [6.07, 6.45) is 0.898. The number of carbonyl (C=O) groups excluding carboxylic acids is 1. The van der Waals surface area contributed by atoms with Gasteiger partial charge in [0.15, 0.2) is 0 Å². The Morgan fingerprint density at radius 1 is 1.25 bits per heavy atom. The van der Waals surface area contributed by atoms with Gasteiger partial charge < -0.3 is 15.2 Å². The van der Waals surface area contributed by atoms with Crippen LogP contribution in [0.25, 0.3) is 10.9 Å². The number of carboxylic acid groups (broad SMARTS) is 1. The van der Waals surface area contributed by atoms with Gasteiger partial charge in [0.25, 0.3) is 5.91 Å². The Hall–Kier alpha value is -2.47. The lowest BCUT2D eigenvalue weighted by molar-refractivity contribution is -0.139. The molecule has 1 aromatic heterocycles. The van der Waals surface area contributed by atoms with E-state index in [1.54, 1.807) is 12.1 Å². The molecule has 1 aliphatic heterocycles. The predicted molar refractivity (Wildman–Crippen MR) is 89.0 cm³/mol. The highest BCUT2D eigenvalue weighted by atomic mass is 16.5. The molecule has 0 radical (unpaired) electrons. The maximum Gasteiger partial charge on any atom is 0.305 e. The highest BCUT2D eigenvalue weighted by molar-refractivity contribution is 5.98. The number of carbonyl (C=O) groups is 2. The van der Waals surface area contributed by atoms with E-state index in [9.17, 15) is 14.7 Å². The Morgan fingerprint density at radius 3 is 2.71 bits per heavy atom. The fraction of sp³-hybridized carbons (Fsp3) is 0.389. The van der Waals surface area contributed by atoms with Gasteiger partial charge in [-0.15, -0.1) is 0 Å². The minimum Gasteiger partial charge on any atom is -0.481 e. The van der Waals surface area contributed by atoms with Gasteiger partial charge in [-0.1, -0.05) is 6.07 Å². The van der Waals surface area contributed by atoms with Gasteiger partial charge in [0, 0.05) is 29.9 Å². The first kappa shape index (κ1) is 16.4. The SMILES string of the molecule is Cc1ccc2cc(C(=O)NC3(CC(=O)O)CCOCC3)ccc2n1. The van der Waals surface area contributed by atoms with Gasteiger partial charge in [-0.2, -0.15) is 0 Å². The molecule has 0 saturated carbocycles. The lowest BCUT2D eigenvalue weighted by Gasteiger charge is -2.36. The van der Waals surface area contributed by atoms with E-state index in [4.69, 9.17) is 4.74 Å². The molecule has 0 unspecified atom stereocenters. The number of hydrogen-bond acceptors (Lipinski definition) is 4. The number of aromatic nitrogens is 1. The average Bonchev–Trinajstić information content (AvgIpc) is 2.54. The maximum atomic E-state index is 12.6. The van der Waals surface area contributed by atoms with Crippen molar-refractivity contribution >= 4 is 22.8 Å². The Bertz CT molecular complexity index is 782. The van der Waals surface area contributed by atoms with Crippen molar-refractivity contribution in [2.75, 3.05) is 13.2 Å². The second-order valence-corrected chi connectivity index (χ2v) is 6.28. The molecule has 126 valence electrons. The summed E-state index contributed by atoms with van der Waals surface area (Å²) in [4.78, 5) is 28.3. The van der Waals surface area contributed by atoms with Crippen LogP contribution in [-0.2, 0) is 9.53 Å². The molecule has 1 aliphatic rings. The fourth-order valence-corrected chi connectivity index (χ4v) is 3.08. The van der Waals surface area contributed by atoms with Crippen molar-refractivity contribution in [2.24, 2.45) is 0 Å². The van der Waals surface area contributed by atoms with Crippen molar-refractivity contribution < 1.29 is 19.4 Å². The second kappa shape index (κ2) is 6.57. The molecular formula is C18H20N2O4. The van der Waals surface area contributed by atoms with Crippen molar-refractivity contribution in [1.29, 1.82) is 0 Å². The quantitative estimate of drug-likeness (QED) is 0.899. The number of pyridine rings is 1. The van der Waals surface area contributed by atoms with Crippen LogP contribution in [0.1, 0.15) is 35.3 Å². The maximum absolute atomic E-state index is 12.6. The molecular weight excluding hydrogens is 308 g/mol. The van der Waals surface area contributed by atoms with Crippen molar-refractivity contribution in [2.45, 2.75) is 31.7 Å². The molecule has 24 heavy (non-hydrogen) atoms. The van der Waals surface area contributed by atoms with Crippen molar-refractivity contribution in [1.82, 2.24) is 10.3 Å². The Kier molecular flexibility index (Phi) is 4.49. The first-order valence-electron chi connectivity index (χ1n) is 7.97. The molecule has 2 heterocycles. The van der Waals surface area contributed by atoms with Crippen LogP contribution in [0.15, 0.2) is 30.3 Å². The summed E-state index contributed by atoms with van der Waals surface area (Å²) in [5.41, 5.74) is 1.51. The number of fused-ring (bicyclic) bond motifs is 1.